The minimum absolute atomic E-state index is 0.0920. The summed E-state index contributed by atoms with van der Waals surface area (Å²) in [5.74, 6) is 0.194. The number of anilines is 1. The number of nitrogen functional groups attached to an aromatic ring is 1. The molecule has 3 heteroatoms. The Morgan fingerprint density at radius 1 is 1.12 bits per heavy atom. The van der Waals surface area contributed by atoms with Crippen molar-refractivity contribution in [3.05, 3.63) is 59.3 Å². The molecule has 0 aliphatic carbocycles. The number of aryl methyl sites for hydroxylation is 1. The highest BCUT2D eigenvalue weighted by Gasteiger charge is 2.12. The lowest BCUT2D eigenvalue weighted by molar-refractivity contribution is 0.103. The van der Waals surface area contributed by atoms with Crippen LogP contribution in [-0.2, 0) is 0 Å². The first-order chi connectivity index (χ1) is 7.68. The van der Waals surface area contributed by atoms with Gasteiger partial charge < -0.3 is 5.73 Å². The van der Waals surface area contributed by atoms with E-state index in [0.717, 1.165) is 5.69 Å². The summed E-state index contributed by atoms with van der Waals surface area (Å²) < 4.78 is 0. The van der Waals surface area contributed by atoms with Crippen LogP contribution in [0, 0.1) is 6.92 Å². The second-order valence-corrected chi connectivity index (χ2v) is 3.58. The number of aromatic nitrogens is 1. The minimum atomic E-state index is -0.0920. The number of hydrogen-bond acceptors (Lipinski definition) is 3. The molecule has 0 radical (unpaired) electrons. The number of ketones is 1. The molecule has 0 unspecified atom stereocenters. The van der Waals surface area contributed by atoms with Crippen LogP contribution in [0.15, 0.2) is 42.5 Å². The summed E-state index contributed by atoms with van der Waals surface area (Å²) in [6.07, 6.45) is 0. The Morgan fingerprint density at radius 3 is 2.44 bits per heavy atom. The van der Waals surface area contributed by atoms with E-state index in [-0.39, 0.29) is 11.6 Å². The number of pyridine rings is 1. The molecule has 16 heavy (non-hydrogen) atoms. The van der Waals surface area contributed by atoms with Crippen LogP contribution in [0.25, 0.3) is 0 Å². The first-order valence-corrected chi connectivity index (χ1v) is 5.01. The van der Waals surface area contributed by atoms with E-state index in [9.17, 15) is 4.79 Å². The summed E-state index contributed by atoms with van der Waals surface area (Å²) in [4.78, 5) is 16.1. The highest BCUT2D eigenvalue weighted by molar-refractivity contribution is 6.11. The molecule has 0 bridgehead atoms. The minimum Gasteiger partial charge on any atom is -0.383 e. The average Bonchev–Trinajstić information content (AvgIpc) is 2.29. The van der Waals surface area contributed by atoms with Gasteiger partial charge in [-0.2, -0.15) is 0 Å². The summed E-state index contributed by atoms with van der Waals surface area (Å²) in [6, 6.07) is 12.5. The third kappa shape index (κ3) is 1.93. The molecule has 0 aliphatic rings. The Balaban J connectivity index is 2.42. The van der Waals surface area contributed by atoms with Gasteiger partial charge in [0, 0.05) is 11.3 Å². The van der Waals surface area contributed by atoms with Crippen molar-refractivity contribution in [2.24, 2.45) is 0 Å². The second kappa shape index (κ2) is 4.14. The van der Waals surface area contributed by atoms with E-state index in [4.69, 9.17) is 5.73 Å². The SMILES string of the molecule is Cc1ccc(C(=O)c2ccccc2)c(N)n1. The third-order valence-corrected chi connectivity index (χ3v) is 2.34. The molecule has 2 N–H and O–H groups in total. The quantitative estimate of drug-likeness (QED) is 0.776. The van der Waals surface area contributed by atoms with Gasteiger partial charge in [-0.1, -0.05) is 30.3 Å². The molecule has 0 saturated heterocycles. The van der Waals surface area contributed by atoms with E-state index in [1.165, 1.54) is 0 Å². The van der Waals surface area contributed by atoms with Gasteiger partial charge in [0.2, 0.25) is 0 Å². The zero-order valence-electron chi connectivity index (χ0n) is 8.97. The molecule has 0 atom stereocenters. The summed E-state index contributed by atoms with van der Waals surface area (Å²) in [6.45, 7) is 1.84. The molecule has 2 aromatic rings. The standard InChI is InChI=1S/C13H12N2O/c1-9-7-8-11(13(14)15-9)12(16)10-5-3-2-4-6-10/h2-8H,1H3,(H2,14,15). The van der Waals surface area contributed by atoms with Gasteiger partial charge in [-0.25, -0.2) is 4.98 Å². The zero-order valence-corrected chi connectivity index (χ0v) is 8.97. The molecule has 0 fully saturated rings. The third-order valence-electron chi connectivity index (χ3n) is 2.34. The number of benzene rings is 1. The van der Waals surface area contributed by atoms with Crippen LogP contribution in [0.1, 0.15) is 21.6 Å². The van der Waals surface area contributed by atoms with Crippen molar-refractivity contribution in [1.82, 2.24) is 4.98 Å². The smallest absolute Gasteiger partial charge is 0.196 e. The largest absolute Gasteiger partial charge is 0.383 e. The Labute approximate surface area is 93.9 Å². The number of nitrogens with two attached hydrogens (primary N) is 1. The Morgan fingerprint density at radius 2 is 1.81 bits per heavy atom. The van der Waals surface area contributed by atoms with Crippen molar-refractivity contribution in [1.29, 1.82) is 0 Å². The maximum atomic E-state index is 12.1. The predicted octanol–water partition coefficient (Wildman–Crippen LogP) is 2.20. The van der Waals surface area contributed by atoms with Crippen LogP contribution in [0.2, 0.25) is 0 Å². The summed E-state index contributed by atoms with van der Waals surface area (Å²) in [5.41, 5.74) is 7.62. The molecule has 0 spiro atoms. The van der Waals surface area contributed by atoms with Crippen LogP contribution in [0.5, 0.6) is 0 Å². The molecule has 1 aromatic heterocycles. The van der Waals surface area contributed by atoms with Crippen molar-refractivity contribution in [3.63, 3.8) is 0 Å². The van der Waals surface area contributed by atoms with E-state index < -0.39 is 0 Å². The lowest BCUT2D eigenvalue weighted by atomic mass is 10.0. The van der Waals surface area contributed by atoms with E-state index in [2.05, 4.69) is 4.98 Å². The van der Waals surface area contributed by atoms with Crippen LogP contribution >= 0.6 is 0 Å². The van der Waals surface area contributed by atoms with Gasteiger partial charge in [0.25, 0.3) is 0 Å². The molecule has 1 heterocycles. The maximum absolute atomic E-state index is 12.1. The summed E-state index contributed by atoms with van der Waals surface area (Å²) in [7, 11) is 0. The van der Waals surface area contributed by atoms with Crippen LogP contribution < -0.4 is 5.73 Å². The van der Waals surface area contributed by atoms with Gasteiger partial charge in [-0.3, -0.25) is 4.79 Å². The fourth-order valence-electron chi connectivity index (χ4n) is 1.51. The van der Waals surface area contributed by atoms with E-state index in [1.54, 1.807) is 24.3 Å². The second-order valence-electron chi connectivity index (χ2n) is 3.58. The Kier molecular flexibility index (Phi) is 2.68. The van der Waals surface area contributed by atoms with Gasteiger partial charge in [-0.05, 0) is 19.1 Å². The highest BCUT2D eigenvalue weighted by atomic mass is 16.1. The van der Waals surface area contributed by atoms with Crippen molar-refractivity contribution in [3.8, 4) is 0 Å². The van der Waals surface area contributed by atoms with Crippen molar-refractivity contribution in [2.45, 2.75) is 6.92 Å². The van der Waals surface area contributed by atoms with Crippen LogP contribution in [0.4, 0.5) is 5.82 Å². The molecule has 0 amide bonds. The van der Waals surface area contributed by atoms with Gasteiger partial charge in [0.05, 0.1) is 5.56 Å². The lowest BCUT2D eigenvalue weighted by Crippen LogP contribution is -2.07. The Bertz CT molecular complexity index is 521. The normalized spacial score (nSPS) is 10.1. The fraction of sp³-hybridized carbons (Fsp3) is 0.0769. The van der Waals surface area contributed by atoms with Gasteiger partial charge in [-0.15, -0.1) is 0 Å². The molecule has 80 valence electrons. The van der Waals surface area contributed by atoms with Gasteiger partial charge >= 0.3 is 0 Å². The molecule has 2 rings (SSSR count). The average molecular weight is 212 g/mol. The van der Waals surface area contributed by atoms with E-state index in [1.807, 2.05) is 25.1 Å². The number of rotatable bonds is 2. The molecule has 1 aromatic carbocycles. The topological polar surface area (TPSA) is 56.0 Å². The highest BCUT2D eigenvalue weighted by Crippen LogP contribution is 2.15. The number of hydrogen-bond donors (Lipinski definition) is 1. The molecule has 3 nitrogen and oxygen atoms in total. The molecular weight excluding hydrogens is 200 g/mol. The van der Waals surface area contributed by atoms with E-state index in [0.29, 0.717) is 11.1 Å². The first-order valence-electron chi connectivity index (χ1n) is 5.01. The number of carbonyl (C=O) groups is 1. The van der Waals surface area contributed by atoms with Gasteiger partial charge in [0.15, 0.2) is 5.78 Å². The molecule has 0 aliphatic heterocycles. The van der Waals surface area contributed by atoms with Crippen LogP contribution in [0.3, 0.4) is 0 Å². The summed E-state index contributed by atoms with van der Waals surface area (Å²) >= 11 is 0. The van der Waals surface area contributed by atoms with Crippen molar-refractivity contribution >= 4 is 11.6 Å². The fourth-order valence-corrected chi connectivity index (χ4v) is 1.51. The predicted molar refractivity (Wildman–Crippen MR) is 63.3 cm³/mol. The molecular formula is C13H12N2O. The summed E-state index contributed by atoms with van der Waals surface area (Å²) in [5, 5.41) is 0. The van der Waals surface area contributed by atoms with Crippen molar-refractivity contribution in [2.75, 3.05) is 5.73 Å². The number of nitrogens with zero attached hydrogens (tertiary/aromatic N) is 1. The van der Waals surface area contributed by atoms with Crippen LogP contribution in [-0.4, -0.2) is 10.8 Å². The van der Waals surface area contributed by atoms with E-state index >= 15 is 0 Å². The monoisotopic (exact) mass is 212 g/mol. The van der Waals surface area contributed by atoms with Gasteiger partial charge in [0.1, 0.15) is 5.82 Å². The van der Waals surface area contributed by atoms with Crippen molar-refractivity contribution < 1.29 is 4.79 Å². The number of carbonyl (C=O) groups excluding carboxylic acids is 1. The Hall–Kier alpha value is -2.16. The maximum Gasteiger partial charge on any atom is 0.196 e. The first kappa shape index (κ1) is 10.4. The zero-order chi connectivity index (χ0) is 11.5. The lowest BCUT2D eigenvalue weighted by Gasteiger charge is -2.04. The molecule has 0 saturated carbocycles.